The van der Waals surface area contributed by atoms with Crippen molar-refractivity contribution < 1.29 is 4.74 Å². The quantitative estimate of drug-likeness (QED) is 0.256. The number of ether oxygens (including phenoxy) is 1. The molecule has 0 saturated heterocycles. The van der Waals surface area contributed by atoms with Crippen molar-refractivity contribution in [1.29, 1.82) is 0 Å². The topological polar surface area (TPSA) is 56.7 Å². The van der Waals surface area contributed by atoms with Crippen LogP contribution in [0.1, 0.15) is 18.1 Å². The molecule has 0 fully saturated rings. The third-order valence-corrected chi connectivity index (χ3v) is 6.75. The van der Waals surface area contributed by atoms with Crippen molar-refractivity contribution in [2.75, 3.05) is 13.7 Å². The van der Waals surface area contributed by atoms with E-state index in [4.69, 9.17) is 14.8 Å². The van der Waals surface area contributed by atoms with E-state index in [1.165, 1.54) is 5.56 Å². The summed E-state index contributed by atoms with van der Waals surface area (Å²) in [4.78, 5) is 9.91. The van der Waals surface area contributed by atoms with Gasteiger partial charge in [-0.05, 0) is 60.9 Å². The van der Waals surface area contributed by atoms with Gasteiger partial charge in [0.25, 0.3) is 0 Å². The van der Waals surface area contributed by atoms with Gasteiger partial charge in [-0.2, -0.15) is 5.10 Å². The average molecular weight is 494 g/mol. The molecule has 0 radical (unpaired) electrons. The van der Waals surface area contributed by atoms with Gasteiger partial charge in [-0.3, -0.25) is 4.99 Å². The number of rotatable bonds is 8. The van der Waals surface area contributed by atoms with Gasteiger partial charge in [-0.15, -0.1) is 11.3 Å². The highest BCUT2D eigenvalue weighted by atomic mass is 32.1. The maximum Gasteiger partial charge on any atom is 0.206 e. The molecular formula is C29H27N5OS. The molecule has 5 aromatic rings. The Morgan fingerprint density at radius 2 is 1.75 bits per heavy atom. The van der Waals surface area contributed by atoms with Gasteiger partial charge in [-0.25, -0.2) is 9.66 Å². The molecule has 0 N–H and O–H groups in total. The largest absolute Gasteiger partial charge is 0.497 e. The van der Waals surface area contributed by atoms with E-state index in [2.05, 4.69) is 71.0 Å². The van der Waals surface area contributed by atoms with Crippen molar-refractivity contribution in [2.45, 2.75) is 13.3 Å². The van der Waals surface area contributed by atoms with E-state index in [0.717, 1.165) is 45.2 Å². The Morgan fingerprint density at radius 1 is 0.972 bits per heavy atom. The third kappa shape index (κ3) is 5.37. The zero-order valence-electron chi connectivity index (χ0n) is 20.3. The Morgan fingerprint density at radius 3 is 2.44 bits per heavy atom. The number of nitrogens with zero attached hydrogens (tertiary/aromatic N) is 5. The number of benzene rings is 3. The van der Waals surface area contributed by atoms with Gasteiger partial charge in [0.1, 0.15) is 5.75 Å². The lowest BCUT2D eigenvalue weighted by Crippen LogP contribution is -2.15. The molecule has 180 valence electrons. The minimum atomic E-state index is 0.695. The molecule has 2 aromatic heterocycles. The lowest BCUT2D eigenvalue weighted by molar-refractivity contribution is 0.415. The minimum absolute atomic E-state index is 0.695. The number of thiazole rings is 1. The predicted molar refractivity (Wildman–Crippen MR) is 146 cm³/mol. The predicted octanol–water partition coefficient (Wildman–Crippen LogP) is 5.83. The number of methoxy groups -OCH3 is 1. The Hall–Kier alpha value is -4.23. The average Bonchev–Trinajstić information content (AvgIpc) is 3.60. The van der Waals surface area contributed by atoms with Crippen LogP contribution >= 0.6 is 11.3 Å². The molecule has 0 aliphatic rings. The summed E-state index contributed by atoms with van der Waals surface area (Å²) in [5, 5.41) is 7.14. The minimum Gasteiger partial charge on any atom is -0.497 e. The monoisotopic (exact) mass is 493 g/mol. The molecule has 3 aromatic carbocycles. The molecule has 0 bridgehead atoms. The van der Waals surface area contributed by atoms with Crippen LogP contribution < -0.4 is 9.54 Å². The zero-order valence-corrected chi connectivity index (χ0v) is 21.1. The van der Waals surface area contributed by atoms with Crippen molar-refractivity contribution >= 4 is 17.0 Å². The van der Waals surface area contributed by atoms with Gasteiger partial charge in [-0.1, -0.05) is 42.5 Å². The Kier molecular flexibility index (Phi) is 7.19. The maximum atomic E-state index is 5.34. The number of hydrogen-bond acceptors (Lipinski definition) is 5. The summed E-state index contributed by atoms with van der Waals surface area (Å²) < 4.78 is 9.28. The van der Waals surface area contributed by atoms with Gasteiger partial charge in [0.15, 0.2) is 0 Å². The SMILES string of the molecule is COc1ccc(-c2csc(=NCCc3ccccc3)n2/N=C(\C)c2ccc(-n3ccnc3)cc2)cc1. The second-order valence-corrected chi connectivity index (χ2v) is 9.10. The van der Waals surface area contributed by atoms with E-state index in [1.54, 1.807) is 31.0 Å². The molecule has 2 heterocycles. The molecule has 0 unspecified atom stereocenters. The van der Waals surface area contributed by atoms with Crippen LogP contribution in [0.3, 0.4) is 0 Å². The first-order valence-corrected chi connectivity index (χ1v) is 12.6. The Balaban J connectivity index is 1.49. The second kappa shape index (κ2) is 11.0. The van der Waals surface area contributed by atoms with Crippen molar-refractivity contribution in [3.63, 3.8) is 0 Å². The second-order valence-electron chi connectivity index (χ2n) is 8.26. The lowest BCUT2D eigenvalue weighted by Gasteiger charge is -2.08. The Labute approximate surface area is 214 Å². The first kappa shape index (κ1) is 23.5. The standard InChI is InChI=1S/C29H27N5OS/c1-22(24-8-12-26(13-9-24)33-19-18-30-21-33)32-34-28(25-10-14-27(35-2)15-11-25)20-36-29(34)31-17-16-23-6-4-3-5-7-23/h3-15,18-21H,16-17H2,1-2H3/b31-29?,32-22+. The van der Waals surface area contributed by atoms with Gasteiger partial charge in [0.05, 0.1) is 24.8 Å². The van der Waals surface area contributed by atoms with Crippen LogP contribution in [-0.2, 0) is 6.42 Å². The fraction of sp³-hybridized carbons (Fsp3) is 0.138. The smallest absolute Gasteiger partial charge is 0.206 e. The van der Waals surface area contributed by atoms with Crippen LogP contribution in [0.25, 0.3) is 16.9 Å². The molecule has 5 rings (SSSR count). The van der Waals surface area contributed by atoms with E-state index in [0.29, 0.717) is 6.54 Å². The molecule has 36 heavy (non-hydrogen) atoms. The summed E-state index contributed by atoms with van der Waals surface area (Å²) in [6.07, 6.45) is 6.38. The molecule has 0 atom stereocenters. The summed E-state index contributed by atoms with van der Waals surface area (Å²) in [5.74, 6) is 0.825. The molecule has 0 saturated carbocycles. The number of imidazole rings is 1. The third-order valence-electron chi connectivity index (χ3n) is 5.90. The van der Waals surface area contributed by atoms with E-state index in [1.807, 2.05) is 40.6 Å². The van der Waals surface area contributed by atoms with Crippen LogP contribution in [0.2, 0.25) is 0 Å². The van der Waals surface area contributed by atoms with Gasteiger partial charge >= 0.3 is 0 Å². The van der Waals surface area contributed by atoms with E-state index in [-0.39, 0.29) is 0 Å². The normalized spacial score (nSPS) is 12.2. The summed E-state index contributed by atoms with van der Waals surface area (Å²) in [6, 6.07) is 26.8. The fourth-order valence-corrected chi connectivity index (χ4v) is 4.74. The molecule has 0 aliphatic carbocycles. The van der Waals surface area contributed by atoms with Gasteiger partial charge in [0.2, 0.25) is 4.80 Å². The van der Waals surface area contributed by atoms with E-state index < -0.39 is 0 Å². The van der Waals surface area contributed by atoms with Gasteiger partial charge in [0, 0.05) is 35.6 Å². The van der Waals surface area contributed by atoms with Crippen molar-refractivity contribution in [3.8, 4) is 22.7 Å². The molecule has 0 aliphatic heterocycles. The molecule has 6 nitrogen and oxygen atoms in total. The van der Waals surface area contributed by atoms with Crippen molar-refractivity contribution in [2.24, 2.45) is 10.1 Å². The highest BCUT2D eigenvalue weighted by molar-refractivity contribution is 7.07. The molecule has 0 spiro atoms. The Bertz CT molecular complexity index is 1500. The van der Waals surface area contributed by atoms with Crippen LogP contribution in [0, 0.1) is 0 Å². The van der Waals surface area contributed by atoms with E-state index in [9.17, 15) is 0 Å². The summed E-state index contributed by atoms with van der Waals surface area (Å²) in [5.41, 5.74) is 6.34. The van der Waals surface area contributed by atoms with Crippen molar-refractivity contribution in [1.82, 2.24) is 14.2 Å². The van der Waals surface area contributed by atoms with Crippen LogP contribution in [0.4, 0.5) is 0 Å². The first-order chi connectivity index (χ1) is 17.7. The summed E-state index contributed by atoms with van der Waals surface area (Å²) in [6.45, 7) is 2.73. The number of aromatic nitrogens is 3. The molecule has 0 amide bonds. The van der Waals surface area contributed by atoms with Crippen molar-refractivity contribution in [3.05, 3.63) is 119 Å². The lowest BCUT2D eigenvalue weighted by atomic mass is 10.1. The van der Waals surface area contributed by atoms with Gasteiger partial charge < -0.3 is 9.30 Å². The van der Waals surface area contributed by atoms with Crippen LogP contribution in [0.5, 0.6) is 5.75 Å². The zero-order chi connectivity index (χ0) is 24.7. The van der Waals surface area contributed by atoms with E-state index >= 15 is 0 Å². The summed E-state index contributed by atoms with van der Waals surface area (Å²) in [7, 11) is 1.68. The number of hydrogen-bond donors (Lipinski definition) is 0. The van der Waals surface area contributed by atoms with Crippen LogP contribution in [0.15, 0.2) is 113 Å². The highest BCUT2D eigenvalue weighted by Gasteiger charge is 2.10. The maximum absolute atomic E-state index is 5.34. The van der Waals surface area contributed by atoms with Crippen LogP contribution in [-0.4, -0.2) is 33.6 Å². The summed E-state index contributed by atoms with van der Waals surface area (Å²) >= 11 is 1.60. The highest BCUT2D eigenvalue weighted by Crippen LogP contribution is 2.23. The fourth-order valence-electron chi connectivity index (χ4n) is 3.88. The molecule has 7 heteroatoms. The first-order valence-electron chi connectivity index (χ1n) is 11.7. The molecular weight excluding hydrogens is 466 g/mol.